The summed E-state index contributed by atoms with van der Waals surface area (Å²) in [5.41, 5.74) is 2.02. The summed E-state index contributed by atoms with van der Waals surface area (Å²) in [5, 5.41) is 1.22. The number of amides is 1. The van der Waals surface area contributed by atoms with Gasteiger partial charge in [0.05, 0.1) is 15.6 Å². The van der Waals surface area contributed by atoms with E-state index >= 15 is 0 Å². The van der Waals surface area contributed by atoms with Crippen LogP contribution in [0, 0.1) is 5.41 Å². The molecule has 1 aliphatic carbocycles. The van der Waals surface area contributed by atoms with Crippen molar-refractivity contribution in [2.24, 2.45) is 5.41 Å². The summed E-state index contributed by atoms with van der Waals surface area (Å²) in [6, 6.07) is 4.08. The Balaban J connectivity index is 1.58. The van der Waals surface area contributed by atoms with Crippen LogP contribution in [-0.4, -0.2) is 54.3 Å². The molecule has 1 unspecified atom stereocenters. The summed E-state index contributed by atoms with van der Waals surface area (Å²) in [7, 11) is -3.44. The van der Waals surface area contributed by atoms with Crippen LogP contribution in [-0.2, 0) is 33.6 Å². The molecule has 3 aromatic rings. The lowest BCUT2D eigenvalue weighted by atomic mass is 9.72. The summed E-state index contributed by atoms with van der Waals surface area (Å²) in [6.07, 6.45) is 0.286. The number of alkyl halides is 3. The number of rotatable bonds is 3. The first-order valence-corrected chi connectivity index (χ1v) is 14.1. The zero-order chi connectivity index (χ0) is 26.0. The van der Waals surface area contributed by atoms with E-state index in [1.807, 2.05) is 0 Å². The number of pyridine rings is 1. The number of halogens is 5. The van der Waals surface area contributed by atoms with E-state index in [1.165, 1.54) is 6.07 Å². The summed E-state index contributed by atoms with van der Waals surface area (Å²) in [4.78, 5) is 20.9. The predicted octanol–water partition coefficient (Wildman–Crippen LogP) is 5.31. The van der Waals surface area contributed by atoms with Crippen LogP contribution in [0.5, 0.6) is 0 Å². The Hall–Kier alpha value is -2.30. The summed E-state index contributed by atoms with van der Waals surface area (Å²) in [5.74, 6) is -0.936. The number of aromatic nitrogens is 2. The molecule has 1 spiro atoms. The SMILES string of the molecule is CS(=O)(=O)CC(=O)N1CCC2(CCc3[nH]c4c(Cl)c(Cl)cc(-c5ccnc(C(F)(F)F)c5)c4c3C2)C1. The average Bonchev–Trinajstić information content (AvgIpc) is 3.37. The molecule has 0 radical (unpaired) electrons. The van der Waals surface area contributed by atoms with Crippen LogP contribution in [0.4, 0.5) is 13.2 Å². The Morgan fingerprint density at radius 2 is 2.00 bits per heavy atom. The molecule has 1 N–H and O–H groups in total. The third kappa shape index (κ3) is 4.59. The van der Waals surface area contributed by atoms with Crippen LogP contribution < -0.4 is 0 Å². The maximum Gasteiger partial charge on any atom is 0.433 e. The summed E-state index contributed by atoms with van der Waals surface area (Å²) >= 11 is 12.9. The van der Waals surface area contributed by atoms with Crippen LogP contribution >= 0.6 is 23.2 Å². The lowest BCUT2D eigenvalue weighted by Crippen LogP contribution is -2.37. The largest absolute Gasteiger partial charge is 0.433 e. The van der Waals surface area contributed by atoms with Crippen molar-refractivity contribution in [3.63, 3.8) is 0 Å². The minimum absolute atomic E-state index is 0.219. The van der Waals surface area contributed by atoms with E-state index in [4.69, 9.17) is 23.2 Å². The number of hydrogen-bond acceptors (Lipinski definition) is 4. The molecule has 192 valence electrons. The number of hydrogen-bond donors (Lipinski definition) is 1. The fourth-order valence-corrected chi connectivity index (χ4v) is 6.52. The van der Waals surface area contributed by atoms with E-state index < -0.39 is 33.4 Å². The monoisotopic (exact) mass is 559 g/mol. The number of likely N-dealkylation sites (tertiary alicyclic amines) is 1. The van der Waals surface area contributed by atoms with Crippen molar-refractivity contribution in [1.29, 1.82) is 0 Å². The van der Waals surface area contributed by atoms with Gasteiger partial charge in [-0.15, -0.1) is 0 Å². The van der Waals surface area contributed by atoms with Gasteiger partial charge < -0.3 is 9.88 Å². The van der Waals surface area contributed by atoms with Crippen molar-refractivity contribution in [3.8, 4) is 11.1 Å². The van der Waals surface area contributed by atoms with Crippen molar-refractivity contribution in [3.05, 3.63) is 51.4 Å². The molecule has 1 aliphatic heterocycles. The van der Waals surface area contributed by atoms with Gasteiger partial charge in [-0.1, -0.05) is 23.2 Å². The molecular formula is C24H22Cl2F3N3O3S. The van der Waals surface area contributed by atoms with E-state index in [0.717, 1.165) is 36.2 Å². The number of carbonyl (C=O) groups is 1. The highest BCUT2D eigenvalue weighted by Gasteiger charge is 2.44. The number of benzene rings is 1. The molecule has 12 heteroatoms. The maximum atomic E-state index is 13.4. The van der Waals surface area contributed by atoms with E-state index in [0.29, 0.717) is 59.4 Å². The lowest BCUT2D eigenvalue weighted by Gasteiger charge is -2.33. The van der Waals surface area contributed by atoms with Crippen LogP contribution in [0.1, 0.15) is 29.8 Å². The Morgan fingerprint density at radius 3 is 2.69 bits per heavy atom. The van der Waals surface area contributed by atoms with Crippen LogP contribution in [0.25, 0.3) is 22.0 Å². The lowest BCUT2D eigenvalue weighted by molar-refractivity contribution is -0.141. The van der Waals surface area contributed by atoms with Gasteiger partial charge in [-0.3, -0.25) is 9.78 Å². The molecule has 36 heavy (non-hydrogen) atoms. The number of carbonyl (C=O) groups excluding carboxylic acids is 1. The van der Waals surface area contributed by atoms with Gasteiger partial charge in [0.25, 0.3) is 0 Å². The molecule has 1 fully saturated rings. The second-order valence-electron chi connectivity index (χ2n) is 9.79. The number of sulfone groups is 1. The average molecular weight is 560 g/mol. The van der Waals surface area contributed by atoms with Gasteiger partial charge in [0, 0.05) is 36.6 Å². The maximum absolute atomic E-state index is 13.4. The highest BCUT2D eigenvalue weighted by atomic mass is 35.5. The van der Waals surface area contributed by atoms with Crippen molar-refractivity contribution in [2.75, 3.05) is 25.1 Å². The fraction of sp³-hybridized carbons (Fsp3) is 0.417. The van der Waals surface area contributed by atoms with Gasteiger partial charge in [0.15, 0.2) is 9.84 Å². The number of aryl methyl sites for hydroxylation is 1. The zero-order valence-corrected chi connectivity index (χ0v) is 21.5. The second-order valence-corrected chi connectivity index (χ2v) is 12.7. The molecule has 1 aromatic carbocycles. The number of nitrogens with one attached hydrogen (secondary N) is 1. The summed E-state index contributed by atoms with van der Waals surface area (Å²) in [6.45, 7) is 0.891. The molecule has 6 nitrogen and oxygen atoms in total. The first kappa shape index (κ1) is 25.4. The minimum Gasteiger partial charge on any atom is -0.357 e. The molecule has 0 saturated carbocycles. The standard InChI is InChI=1S/C24H22Cl2F3N3O3S/c1-36(34,35)11-19(33)32-7-5-23(12-32)4-2-17-15(10-23)20-14(9-16(25)21(26)22(20)31-17)13-3-6-30-18(8-13)24(27,28)29/h3,6,8-9,31H,2,4-5,7,10-12H2,1H3. The van der Waals surface area contributed by atoms with Gasteiger partial charge in [-0.25, -0.2) is 8.42 Å². The van der Waals surface area contributed by atoms with Crippen LogP contribution in [0.15, 0.2) is 24.4 Å². The number of fused-ring (bicyclic) bond motifs is 3. The smallest absolute Gasteiger partial charge is 0.357 e. The van der Waals surface area contributed by atoms with Crippen LogP contribution in [0.3, 0.4) is 0 Å². The van der Waals surface area contributed by atoms with E-state index in [2.05, 4.69) is 9.97 Å². The van der Waals surface area contributed by atoms with E-state index in [-0.39, 0.29) is 10.4 Å². The van der Waals surface area contributed by atoms with Crippen LogP contribution in [0.2, 0.25) is 10.0 Å². The van der Waals surface area contributed by atoms with Crippen molar-refractivity contribution in [2.45, 2.75) is 31.9 Å². The highest BCUT2D eigenvalue weighted by molar-refractivity contribution is 7.91. The van der Waals surface area contributed by atoms with Gasteiger partial charge in [0.2, 0.25) is 5.91 Å². The molecule has 1 saturated heterocycles. The fourth-order valence-electron chi connectivity index (χ4n) is 5.49. The molecular weight excluding hydrogens is 538 g/mol. The molecule has 2 aliphatic rings. The van der Waals surface area contributed by atoms with Gasteiger partial charge in [0.1, 0.15) is 11.4 Å². The van der Waals surface area contributed by atoms with Gasteiger partial charge >= 0.3 is 6.18 Å². The number of H-pyrrole nitrogens is 1. The van der Waals surface area contributed by atoms with Crippen molar-refractivity contribution in [1.82, 2.24) is 14.9 Å². The zero-order valence-electron chi connectivity index (χ0n) is 19.2. The number of aromatic amines is 1. The molecule has 3 heterocycles. The molecule has 2 aromatic heterocycles. The van der Waals surface area contributed by atoms with Gasteiger partial charge in [-0.2, -0.15) is 13.2 Å². The third-order valence-electron chi connectivity index (χ3n) is 7.16. The Kier molecular flexibility index (Phi) is 6.08. The van der Waals surface area contributed by atoms with Gasteiger partial charge in [-0.05, 0) is 66.0 Å². The molecule has 5 rings (SSSR count). The topological polar surface area (TPSA) is 83.1 Å². The Morgan fingerprint density at radius 1 is 1.25 bits per heavy atom. The quantitative estimate of drug-likeness (QED) is 0.471. The van der Waals surface area contributed by atoms with E-state index in [9.17, 15) is 26.4 Å². The normalized spacial score (nSPS) is 20.3. The molecule has 0 bridgehead atoms. The van der Waals surface area contributed by atoms with E-state index in [1.54, 1.807) is 11.0 Å². The third-order valence-corrected chi connectivity index (χ3v) is 8.72. The number of nitrogens with zero attached hydrogens (tertiary/aromatic N) is 2. The second kappa shape index (κ2) is 8.63. The minimum atomic E-state index is -4.60. The predicted molar refractivity (Wildman–Crippen MR) is 132 cm³/mol. The first-order chi connectivity index (χ1) is 16.8. The Bertz CT molecular complexity index is 1500. The van der Waals surface area contributed by atoms with Crippen molar-refractivity contribution < 1.29 is 26.4 Å². The van der Waals surface area contributed by atoms with Crippen molar-refractivity contribution >= 4 is 49.8 Å². The highest BCUT2D eigenvalue weighted by Crippen LogP contribution is 2.49. The molecule has 1 atom stereocenters. The Labute approximate surface area is 215 Å². The first-order valence-electron chi connectivity index (χ1n) is 11.3. The molecule has 1 amide bonds. The summed E-state index contributed by atoms with van der Waals surface area (Å²) < 4.78 is 63.3.